The Bertz CT molecular complexity index is 1750. The lowest BCUT2D eigenvalue weighted by atomic mass is 10.0. The predicted molar refractivity (Wildman–Crippen MR) is 140 cm³/mol. The summed E-state index contributed by atoms with van der Waals surface area (Å²) in [5.41, 5.74) is 1.08. The minimum Gasteiger partial charge on any atom is -0.478 e. The molecule has 5 aromatic rings. The first-order valence-electron chi connectivity index (χ1n) is 11.8. The van der Waals surface area contributed by atoms with Crippen LogP contribution in [0.3, 0.4) is 0 Å². The van der Waals surface area contributed by atoms with Gasteiger partial charge in [0, 0.05) is 19.2 Å². The minimum atomic E-state index is -1.11. The van der Waals surface area contributed by atoms with Crippen LogP contribution in [0.15, 0.2) is 76.3 Å². The topological polar surface area (TPSA) is 99.1 Å². The van der Waals surface area contributed by atoms with Gasteiger partial charge >= 0.3 is 11.7 Å². The van der Waals surface area contributed by atoms with E-state index < -0.39 is 17.2 Å². The molecule has 0 radical (unpaired) electrons. The molecule has 0 aliphatic rings. The molecule has 1 N–H and O–H groups in total. The molecule has 5 rings (SSSR count). The smallest absolute Gasteiger partial charge is 0.336 e. The molecule has 0 unspecified atom stereocenters. The molecule has 2 heterocycles. The zero-order valence-corrected chi connectivity index (χ0v) is 20.3. The van der Waals surface area contributed by atoms with Crippen molar-refractivity contribution in [3.63, 3.8) is 0 Å². The third kappa shape index (κ3) is 3.80. The first-order chi connectivity index (χ1) is 17.3. The number of fused-ring (bicyclic) bond motifs is 2. The second kappa shape index (κ2) is 8.96. The molecule has 8 heteroatoms. The van der Waals surface area contributed by atoms with E-state index in [2.05, 4.69) is 0 Å². The molecule has 8 nitrogen and oxygen atoms in total. The molecule has 0 bridgehead atoms. The molecular weight excluding hydrogens is 456 g/mol. The summed E-state index contributed by atoms with van der Waals surface area (Å²) >= 11 is 0. The quantitative estimate of drug-likeness (QED) is 0.393. The molecule has 36 heavy (non-hydrogen) atoms. The number of carboxylic acid groups (broad SMARTS) is 1. The molecule has 2 aromatic heterocycles. The van der Waals surface area contributed by atoms with E-state index in [1.807, 2.05) is 56.3 Å². The number of hydrogen-bond donors (Lipinski definition) is 1. The number of aromatic carboxylic acids is 1. The van der Waals surface area contributed by atoms with Crippen molar-refractivity contribution < 1.29 is 9.90 Å². The fourth-order valence-electron chi connectivity index (χ4n) is 4.75. The average molecular weight is 483 g/mol. The summed E-state index contributed by atoms with van der Waals surface area (Å²) in [6.45, 7) is 4.63. The van der Waals surface area contributed by atoms with Crippen molar-refractivity contribution in [2.75, 3.05) is 0 Å². The fraction of sp³-hybridized carbons (Fsp3) is 0.214. The Morgan fingerprint density at radius 3 is 2.42 bits per heavy atom. The van der Waals surface area contributed by atoms with E-state index in [1.165, 1.54) is 17.7 Å². The number of rotatable bonds is 6. The molecule has 0 saturated heterocycles. The Morgan fingerprint density at radius 2 is 1.67 bits per heavy atom. The van der Waals surface area contributed by atoms with Gasteiger partial charge in [-0.2, -0.15) is 5.10 Å². The van der Waals surface area contributed by atoms with Gasteiger partial charge in [0.2, 0.25) is 0 Å². The molecule has 0 spiro atoms. The lowest BCUT2D eigenvalue weighted by Crippen LogP contribution is -2.38. The van der Waals surface area contributed by atoms with Crippen LogP contribution in [0.25, 0.3) is 33.1 Å². The molecule has 0 amide bonds. The molecule has 0 aliphatic carbocycles. The summed E-state index contributed by atoms with van der Waals surface area (Å²) < 4.78 is 4.24. The summed E-state index contributed by atoms with van der Waals surface area (Å²) in [7, 11) is 1.44. The molecule has 3 aromatic carbocycles. The standard InChI is InChI=1S/C28H26N4O4/c1-17(2)15-31-25-23(26(33)30(3)28(31)36)24(21-13-6-7-14-22(21)27(34)35)32(29-25)16-19-11-8-10-18-9-4-5-12-20(18)19/h4-14,17H,15-16H2,1-3H3,(H,34,35). The number of carbonyl (C=O) groups is 1. The zero-order chi connectivity index (χ0) is 25.6. The van der Waals surface area contributed by atoms with Crippen molar-refractivity contribution in [2.45, 2.75) is 26.9 Å². The van der Waals surface area contributed by atoms with Crippen LogP contribution in [0.5, 0.6) is 0 Å². The molecule has 0 aliphatic heterocycles. The van der Waals surface area contributed by atoms with Crippen molar-refractivity contribution in [3.05, 3.63) is 98.7 Å². The van der Waals surface area contributed by atoms with E-state index in [0.29, 0.717) is 24.3 Å². The van der Waals surface area contributed by atoms with Crippen LogP contribution in [-0.4, -0.2) is 30.0 Å². The fourth-order valence-corrected chi connectivity index (χ4v) is 4.75. The van der Waals surface area contributed by atoms with E-state index in [4.69, 9.17) is 5.10 Å². The van der Waals surface area contributed by atoms with E-state index in [9.17, 15) is 19.5 Å². The van der Waals surface area contributed by atoms with Crippen molar-refractivity contribution in [2.24, 2.45) is 13.0 Å². The van der Waals surface area contributed by atoms with Crippen LogP contribution < -0.4 is 11.2 Å². The average Bonchev–Trinajstić information content (AvgIpc) is 3.24. The van der Waals surface area contributed by atoms with E-state index in [1.54, 1.807) is 22.9 Å². The number of benzene rings is 3. The Morgan fingerprint density at radius 1 is 0.972 bits per heavy atom. The van der Waals surface area contributed by atoms with Gasteiger partial charge in [0.15, 0.2) is 5.65 Å². The maximum Gasteiger partial charge on any atom is 0.336 e. The number of hydrogen-bond acceptors (Lipinski definition) is 4. The van der Waals surface area contributed by atoms with Crippen LogP contribution in [-0.2, 0) is 20.1 Å². The van der Waals surface area contributed by atoms with Gasteiger partial charge in [0.1, 0.15) is 5.39 Å². The summed E-state index contributed by atoms with van der Waals surface area (Å²) in [5, 5.41) is 17.0. The van der Waals surface area contributed by atoms with E-state index in [-0.39, 0.29) is 22.5 Å². The number of carboxylic acids is 1. The van der Waals surface area contributed by atoms with Crippen LogP contribution in [0, 0.1) is 5.92 Å². The first-order valence-corrected chi connectivity index (χ1v) is 11.8. The van der Waals surface area contributed by atoms with E-state index in [0.717, 1.165) is 20.9 Å². The monoisotopic (exact) mass is 482 g/mol. The first kappa shape index (κ1) is 23.3. The molecule has 0 atom stereocenters. The Labute approximate surface area is 206 Å². The molecule has 182 valence electrons. The SMILES string of the molecule is CC(C)Cn1c(=O)n(C)c(=O)c2c(-c3ccccc3C(=O)O)n(Cc3cccc4ccccc34)nc21. The van der Waals surface area contributed by atoms with Gasteiger partial charge in [-0.3, -0.25) is 18.6 Å². The largest absolute Gasteiger partial charge is 0.478 e. The highest BCUT2D eigenvalue weighted by molar-refractivity contribution is 6.01. The Kier molecular flexibility index (Phi) is 5.80. The van der Waals surface area contributed by atoms with Gasteiger partial charge in [-0.15, -0.1) is 0 Å². The highest BCUT2D eigenvalue weighted by atomic mass is 16.4. The van der Waals surface area contributed by atoms with Crippen molar-refractivity contribution in [3.8, 4) is 11.3 Å². The van der Waals surface area contributed by atoms with Gasteiger partial charge in [0.05, 0.1) is 17.8 Å². The van der Waals surface area contributed by atoms with Crippen molar-refractivity contribution in [1.82, 2.24) is 18.9 Å². The third-order valence-electron chi connectivity index (χ3n) is 6.39. The highest BCUT2D eigenvalue weighted by Crippen LogP contribution is 2.31. The van der Waals surface area contributed by atoms with Crippen LogP contribution in [0.1, 0.15) is 29.8 Å². The zero-order valence-electron chi connectivity index (χ0n) is 20.3. The molecular formula is C28H26N4O4. The van der Waals surface area contributed by atoms with Crippen LogP contribution in [0.2, 0.25) is 0 Å². The van der Waals surface area contributed by atoms with Crippen molar-refractivity contribution >= 4 is 27.8 Å². The Hall–Kier alpha value is -4.46. The van der Waals surface area contributed by atoms with Crippen LogP contribution >= 0.6 is 0 Å². The normalized spacial score (nSPS) is 11.6. The third-order valence-corrected chi connectivity index (χ3v) is 6.39. The maximum atomic E-state index is 13.5. The van der Waals surface area contributed by atoms with E-state index >= 15 is 0 Å². The summed E-state index contributed by atoms with van der Waals surface area (Å²) in [4.78, 5) is 38.7. The Balaban J connectivity index is 1.89. The predicted octanol–water partition coefficient (Wildman–Crippen LogP) is 4.12. The van der Waals surface area contributed by atoms with Crippen molar-refractivity contribution in [1.29, 1.82) is 0 Å². The molecule has 0 fully saturated rings. The molecule has 0 saturated carbocycles. The summed E-state index contributed by atoms with van der Waals surface area (Å²) in [5.74, 6) is -0.981. The lowest BCUT2D eigenvalue weighted by Gasteiger charge is -2.12. The van der Waals surface area contributed by atoms with Gasteiger partial charge in [0.25, 0.3) is 5.56 Å². The highest BCUT2D eigenvalue weighted by Gasteiger charge is 2.25. The van der Waals surface area contributed by atoms with Gasteiger partial charge in [-0.05, 0) is 28.3 Å². The van der Waals surface area contributed by atoms with Crippen LogP contribution in [0.4, 0.5) is 0 Å². The minimum absolute atomic E-state index is 0.0575. The maximum absolute atomic E-state index is 13.5. The number of aromatic nitrogens is 4. The lowest BCUT2D eigenvalue weighted by molar-refractivity contribution is 0.0697. The second-order valence-corrected chi connectivity index (χ2v) is 9.35. The second-order valence-electron chi connectivity index (χ2n) is 9.35. The van der Waals surface area contributed by atoms with Gasteiger partial charge in [-0.25, -0.2) is 9.59 Å². The number of nitrogens with zero attached hydrogens (tertiary/aromatic N) is 4. The van der Waals surface area contributed by atoms with Gasteiger partial charge < -0.3 is 5.11 Å². The van der Waals surface area contributed by atoms with Gasteiger partial charge in [-0.1, -0.05) is 74.5 Å². The summed E-state index contributed by atoms with van der Waals surface area (Å²) in [6.07, 6.45) is 0. The summed E-state index contributed by atoms with van der Waals surface area (Å²) in [6, 6.07) is 20.5.